The van der Waals surface area contributed by atoms with E-state index in [1.54, 1.807) is 0 Å². The molecule has 0 atom stereocenters. The number of benzene rings is 1. The van der Waals surface area contributed by atoms with E-state index < -0.39 is 0 Å². The lowest BCUT2D eigenvalue weighted by atomic mass is 9.64. The lowest BCUT2D eigenvalue weighted by Gasteiger charge is -2.50. The van der Waals surface area contributed by atoms with Crippen LogP contribution < -0.4 is 5.43 Å². The van der Waals surface area contributed by atoms with E-state index in [9.17, 15) is 4.79 Å². The zero-order valence-electron chi connectivity index (χ0n) is 14.5. The predicted octanol–water partition coefficient (Wildman–Crippen LogP) is 4.40. The summed E-state index contributed by atoms with van der Waals surface area (Å²) in [7, 11) is 0. The second-order valence-electron chi connectivity index (χ2n) is 7.95. The van der Waals surface area contributed by atoms with E-state index in [0.29, 0.717) is 0 Å². The molecule has 1 aliphatic carbocycles. The molecule has 23 heavy (non-hydrogen) atoms. The van der Waals surface area contributed by atoms with Gasteiger partial charge in [-0.15, -0.1) is 0 Å². The first-order valence-electron chi connectivity index (χ1n) is 8.31. The molecule has 0 spiro atoms. The van der Waals surface area contributed by atoms with Crippen LogP contribution >= 0.6 is 0 Å². The lowest BCUT2D eigenvalue weighted by Crippen LogP contribution is -2.47. The van der Waals surface area contributed by atoms with E-state index in [1.165, 1.54) is 22.3 Å². The first kappa shape index (κ1) is 14.5. The molecule has 0 saturated heterocycles. The summed E-state index contributed by atoms with van der Waals surface area (Å²) in [4.78, 5) is 12.3. The largest absolute Gasteiger partial charge is 0.341 e. The molecule has 118 valence electrons. The Hall–Kier alpha value is -2.09. The van der Waals surface area contributed by atoms with Gasteiger partial charge in [-0.2, -0.15) is 0 Å². The van der Waals surface area contributed by atoms with Gasteiger partial charge in [0, 0.05) is 40.9 Å². The lowest BCUT2D eigenvalue weighted by molar-refractivity contribution is 0.175. The third kappa shape index (κ3) is 1.67. The number of aromatic nitrogens is 1. The van der Waals surface area contributed by atoms with Gasteiger partial charge in [0.15, 0.2) is 5.43 Å². The van der Waals surface area contributed by atoms with Gasteiger partial charge >= 0.3 is 0 Å². The number of pyridine rings is 1. The molecule has 2 heteroatoms. The van der Waals surface area contributed by atoms with Crippen molar-refractivity contribution < 1.29 is 0 Å². The van der Waals surface area contributed by atoms with E-state index in [4.69, 9.17) is 0 Å². The van der Waals surface area contributed by atoms with Gasteiger partial charge in [-0.1, -0.05) is 38.1 Å². The molecule has 2 aliphatic rings. The minimum Gasteiger partial charge on any atom is -0.341 e. The van der Waals surface area contributed by atoms with Crippen molar-refractivity contribution in [3.8, 4) is 0 Å². The van der Waals surface area contributed by atoms with Gasteiger partial charge in [0.25, 0.3) is 0 Å². The fourth-order valence-electron chi connectivity index (χ4n) is 4.23. The molecule has 1 aromatic carbocycles. The third-order valence-corrected chi connectivity index (χ3v) is 6.26. The van der Waals surface area contributed by atoms with Gasteiger partial charge in [0.05, 0.1) is 0 Å². The summed E-state index contributed by atoms with van der Waals surface area (Å²) in [6.45, 7) is 11.1. The van der Waals surface area contributed by atoms with Crippen LogP contribution in [0, 0.1) is 12.3 Å². The second kappa shape index (κ2) is 4.25. The van der Waals surface area contributed by atoms with E-state index in [1.807, 2.05) is 19.2 Å². The Morgan fingerprint density at radius 2 is 1.78 bits per heavy atom. The Morgan fingerprint density at radius 1 is 1.09 bits per heavy atom. The Kier molecular flexibility index (Phi) is 2.68. The van der Waals surface area contributed by atoms with Crippen molar-refractivity contribution in [3.63, 3.8) is 0 Å². The molecule has 0 radical (unpaired) electrons. The number of hydrogen-bond donors (Lipinski definition) is 0. The van der Waals surface area contributed by atoms with Gasteiger partial charge in [0.2, 0.25) is 0 Å². The first-order chi connectivity index (χ1) is 10.7. The standard InChI is InChI=1S/C21H23NO/c1-13-12-22-17(11-18(13)23)16-10-14-8-6-7-9-15(14)19(16)20(2,3)21(22,4)5/h6-9,11-12H,10H2,1-5H3. The van der Waals surface area contributed by atoms with Gasteiger partial charge in [-0.3, -0.25) is 4.79 Å². The molecular weight excluding hydrogens is 282 g/mol. The highest BCUT2D eigenvalue weighted by atomic mass is 16.1. The van der Waals surface area contributed by atoms with Gasteiger partial charge in [-0.25, -0.2) is 0 Å². The highest BCUT2D eigenvalue weighted by molar-refractivity contribution is 5.99. The third-order valence-electron chi connectivity index (χ3n) is 6.26. The molecule has 2 aromatic rings. The molecule has 2 nitrogen and oxygen atoms in total. The maximum absolute atomic E-state index is 12.3. The van der Waals surface area contributed by atoms with Gasteiger partial charge < -0.3 is 4.57 Å². The van der Waals surface area contributed by atoms with Crippen LogP contribution in [0.25, 0.3) is 11.1 Å². The minimum absolute atomic E-state index is 0.0105. The quantitative estimate of drug-likeness (QED) is 0.707. The molecular formula is C21H23NO. The number of fused-ring (bicyclic) bond motifs is 4. The van der Waals surface area contributed by atoms with Crippen molar-refractivity contribution >= 4 is 11.1 Å². The van der Waals surface area contributed by atoms with Gasteiger partial charge in [0.1, 0.15) is 0 Å². The molecule has 4 rings (SSSR count). The monoisotopic (exact) mass is 305 g/mol. The van der Waals surface area contributed by atoms with E-state index in [-0.39, 0.29) is 16.4 Å². The van der Waals surface area contributed by atoms with Crippen LogP contribution in [0.2, 0.25) is 0 Å². The highest BCUT2D eigenvalue weighted by Crippen LogP contribution is 2.57. The van der Waals surface area contributed by atoms with Crippen LogP contribution in [0.4, 0.5) is 0 Å². The minimum atomic E-state index is -0.100. The molecule has 0 fully saturated rings. The number of allylic oxidation sites excluding steroid dienone is 2. The number of aryl methyl sites for hydroxylation is 1. The summed E-state index contributed by atoms with van der Waals surface area (Å²) in [5, 5.41) is 0. The molecule has 0 unspecified atom stereocenters. The zero-order valence-corrected chi connectivity index (χ0v) is 14.5. The smallest absolute Gasteiger partial charge is 0.185 e. The summed E-state index contributed by atoms with van der Waals surface area (Å²) in [6, 6.07) is 10.5. The highest BCUT2D eigenvalue weighted by Gasteiger charge is 2.49. The molecule has 0 amide bonds. The average Bonchev–Trinajstić information content (AvgIpc) is 2.88. The SMILES string of the molecule is Cc1cn2c(cc1=O)C1=C(c3ccccc3C1)C(C)(C)C2(C)C. The molecule has 1 aliphatic heterocycles. The van der Waals surface area contributed by atoms with Gasteiger partial charge in [-0.05, 0) is 43.0 Å². The van der Waals surface area contributed by atoms with Crippen molar-refractivity contribution in [2.75, 3.05) is 0 Å². The molecule has 2 heterocycles. The summed E-state index contributed by atoms with van der Waals surface area (Å²) in [6.07, 6.45) is 2.97. The van der Waals surface area contributed by atoms with E-state index in [0.717, 1.165) is 17.7 Å². The van der Waals surface area contributed by atoms with Crippen LogP contribution in [-0.4, -0.2) is 4.57 Å². The zero-order chi connectivity index (χ0) is 16.6. The Labute approximate surface area is 137 Å². The summed E-state index contributed by atoms with van der Waals surface area (Å²) >= 11 is 0. The Balaban J connectivity index is 2.12. The van der Waals surface area contributed by atoms with Crippen molar-refractivity contribution in [2.24, 2.45) is 5.41 Å². The summed E-state index contributed by atoms with van der Waals surface area (Å²) in [5.41, 5.74) is 7.42. The summed E-state index contributed by atoms with van der Waals surface area (Å²) < 4.78 is 2.33. The second-order valence-corrected chi connectivity index (χ2v) is 7.95. The fraction of sp³-hybridized carbons (Fsp3) is 0.381. The van der Waals surface area contributed by atoms with Crippen LogP contribution in [0.5, 0.6) is 0 Å². The van der Waals surface area contributed by atoms with Crippen LogP contribution in [0.15, 0.2) is 41.3 Å². The Morgan fingerprint density at radius 3 is 2.52 bits per heavy atom. The number of rotatable bonds is 0. The van der Waals surface area contributed by atoms with Crippen molar-refractivity contribution in [1.82, 2.24) is 4.57 Å². The van der Waals surface area contributed by atoms with Crippen LogP contribution in [-0.2, 0) is 12.0 Å². The maximum atomic E-state index is 12.3. The molecule has 0 N–H and O–H groups in total. The Bertz CT molecular complexity index is 925. The topological polar surface area (TPSA) is 22.0 Å². The van der Waals surface area contributed by atoms with Crippen LogP contribution in [0.3, 0.4) is 0 Å². The normalized spacial score (nSPS) is 20.0. The maximum Gasteiger partial charge on any atom is 0.185 e. The summed E-state index contributed by atoms with van der Waals surface area (Å²) in [5.74, 6) is 0. The predicted molar refractivity (Wildman–Crippen MR) is 95.5 cm³/mol. The molecule has 0 bridgehead atoms. The average molecular weight is 305 g/mol. The molecule has 1 aromatic heterocycles. The van der Waals surface area contributed by atoms with Crippen molar-refractivity contribution in [1.29, 1.82) is 0 Å². The van der Waals surface area contributed by atoms with Crippen molar-refractivity contribution in [3.05, 3.63) is 69.1 Å². The fourth-order valence-corrected chi connectivity index (χ4v) is 4.23. The van der Waals surface area contributed by atoms with E-state index in [2.05, 4.69) is 56.5 Å². The van der Waals surface area contributed by atoms with E-state index >= 15 is 0 Å². The number of nitrogens with zero attached hydrogens (tertiary/aromatic N) is 1. The first-order valence-corrected chi connectivity index (χ1v) is 8.31. The molecule has 0 saturated carbocycles. The van der Waals surface area contributed by atoms with Crippen LogP contribution in [0.1, 0.15) is 50.1 Å². The van der Waals surface area contributed by atoms with Crippen molar-refractivity contribution in [2.45, 2.75) is 46.6 Å². The number of hydrogen-bond acceptors (Lipinski definition) is 1.